The number of fused-ring (bicyclic) bond motifs is 4. The first-order valence-corrected chi connectivity index (χ1v) is 11.2. The van der Waals surface area contributed by atoms with E-state index in [1.807, 2.05) is 12.2 Å². The Labute approximate surface area is 169 Å². The molecule has 1 heteroatoms. The SMILES string of the molecule is C=Cc1ccc(C2CC3(C)C(C)CCC3C3CCC4=CC(=O)CCC4=C23)cc1. The van der Waals surface area contributed by atoms with E-state index in [1.54, 1.807) is 11.1 Å². The van der Waals surface area contributed by atoms with Crippen LogP contribution in [0, 0.1) is 23.2 Å². The summed E-state index contributed by atoms with van der Waals surface area (Å²) in [5, 5.41) is 0. The number of carbonyl (C=O) groups excluding carboxylic acids is 1. The van der Waals surface area contributed by atoms with Crippen molar-refractivity contribution in [2.24, 2.45) is 23.2 Å². The maximum absolute atomic E-state index is 12.1. The van der Waals surface area contributed by atoms with Crippen LogP contribution in [0.2, 0.25) is 0 Å². The highest BCUT2D eigenvalue weighted by atomic mass is 16.1. The fourth-order valence-electron chi connectivity index (χ4n) is 7.07. The van der Waals surface area contributed by atoms with Gasteiger partial charge in [-0.25, -0.2) is 0 Å². The van der Waals surface area contributed by atoms with Gasteiger partial charge in [0.2, 0.25) is 0 Å². The van der Waals surface area contributed by atoms with Crippen LogP contribution in [-0.2, 0) is 4.79 Å². The van der Waals surface area contributed by atoms with Crippen LogP contribution in [0.25, 0.3) is 6.08 Å². The van der Waals surface area contributed by atoms with Crippen LogP contribution in [-0.4, -0.2) is 5.78 Å². The number of hydrogen-bond donors (Lipinski definition) is 0. The number of benzene rings is 1. The lowest BCUT2D eigenvalue weighted by Gasteiger charge is -2.52. The van der Waals surface area contributed by atoms with E-state index >= 15 is 0 Å². The number of hydrogen-bond acceptors (Lipinski definition) is 1. The van der Waals surface area contributed by atoms with Crippen LogP contribution >= 0.6 is 0 Å². The topological polar surface area (TPSA) is 17.1 Å². The first-order valence-electron chi connectivity index (χ1n) is 11.2. The zero-order valence-electron chi connectivity index (χ0n) is 17.3. The first-order chi connectivity index (χ1) is 13.5. The monoisotopic (exact) mass is 372 g/mol. The smallest absolute Gasteiger partial charge is 0.156 e. The van der Waals surface area contributed by atoms with E-state index in [1.165, 1.54) is 42.4 Å². The Bertz CT molecular complexity index is 883. The molecule has 146 valence electrons. The van der Waals surface area contributed by atoms with Gasteiger partial charge < -0.3 is 0 Å². The van der Waals surface area contributed by atoms with Crippen LogP contribution < -0.4 is 0 Å². The van der Waals surface area contributed by atoms with Gasteiger partial charge in [0, 0.05) is 12.3 Å². The van der Waals surface area contributed by atoms with Crippen LogP contribution in [0.1, 0.15) is 75.8 Å². The lowest BCUT2D eigenvalue weighted by Crippen LogP contribution is -2.42. The van der Waals surface area contributed by atoms with Crippen LogP contribution in [0.3, 0.4) is 0 Å². The summed E-state index contributed by atoms with van der Waals surface area (Å²) >= 11 is 0. The molecule has 0 N–H and O–H groups in total. The van der Waals surface area contributed by atoms with Crippen molar-refractivity contribution < 1.29 is 4.79 Å². The molecule has 0 heterocycles. The van der Waals surface area contributed by atoms with Gasteiger partial charge in [-0.05, 0) is 90.0 Å². The molecule has 28 heavy (non-hydrogen) atoms. The highest BCUT2D eigenvalue weighted by Crippen LogP contribution is 2.65. The highest BCUT2D eigenvalue weighted by Gasteiger charge is 2.55. The summed E-state index contributed by atoms with van der Waals surface area (Å²) in [6.07, 6.45) is 12.0. The lowest BCUT2D eigenvalue weighted by atomic mass is 9.52. The quantitative estimate of drug-likeness (QED) is 0.554. The second kappa shape index (κ2) is 6.58. The summed E-state index contributed by atoms with van der Waals surface area (Å²) < 4.78 is 0. The molecule has 5 unspecified atom stereocenters. The highest BCUT2D eigenvalue weighted by molar-refractivity contribution is 5.93. The molecule has 1 aromatic carbocycles. The molecule has 0 aliphatic heterocycles. The van der Waals surface area contributed by atoms with Crippen molar-refractivity contribution in [1.82, 2.24) is 0 Å². The molecule has 0 radical (unpaired) electrons. The molecule has 0 aromatic heterocycles. The Morgan fingerprint density at radius 2 is 1.86 bits per heavy atom. The second-order valence-corrected chi connectivity index (χ2v) is 9.93. The molecule has 0 spiro atoms. The van der Waals surface area contributed by atoms with Crippen molar-refractivity contribution >= 4 is 11.9 Å². The second-order valence-electron chi connectivity index (χ2n) is 9.93. The predicted molar refractivity (Wildman–Crippen MR) is 116 cm³/mol. The Morgan fingerprint density at radius 3 is 2.61 bits per heavy atom. The summed E-state index contributed by atoms with van der Waals surface area (Å²) in [4.78, 5) is 12.1. The number of rotatable bonds is 2. The van der Waals surface area contributed by atoms with Crippen molar-refractivity contribution in [2.75, 3.05) is 0 Å². The minimum absolute atomic E-state index is 0.333. The third kappa shape index (κ3) is 2.62. The van der Waals surface area contributed by atoms with Crippen molar-refractivity contribution in [3.05, 3.63) is 64.8 Å². The van der Waals surface area contributed by atoms with Gasteiger partial charge in [0.05, 0.1) is 0 Å². The molecule has 2 saturated carbocycles. The lowest BCUT2D eigenvalue weighted by molar-refractivity contribution is -0.114. The summed E-state index contributed by atoms with van der Waals surface area (Å²) in [6.45, 7) is 8.99. The van der Waals surface area contributed by atoms with Gasteiger partial charge in [-0.1, -0.05) is 56.3 Å². The molecule has 1 nitrogen and oxygen atoms in total. The molecule has 0 saturated heterocycles. The van der Waals surface area contributed by atoms with E-state index in [2.05, 4.69) is 44.7 Å². The summed E-state index contributed by atoms with van der Waals surface area (Å²) in [5.41, 5.74) is 7.75. The molecule has 5 rings (SSSR count). The number of allylic oxidation sites excluding steroid dienone is 4. The van der Waals surface area contributed by atoms with E-state index < -0.39 is 0 Å². The van der Waals surface area contributed by atoms with Crippen molar-refractivity contribution in [1.29, 1.82) is 0 Å². The van der Waals surface area contributed by atoms with E-state index in [9.17, 15) is 4.79 Å². The van der Waals surface area contributed by atoms with Crippen LogP contribution in [0.4, 0.5) is 0 Å². The molecule has 5 atom stereocenters. The van der Waals surface area contributed by atoms with Gasteiger partial charge in [0.15, 0.2) is 5.78 Å². The summed E-state index contributed by atoms with van der Waals surface area (Å²) in [6, 6.07) is 9.11. The minimum atomic E-state index is 0.333. The standard InChI is InChI=1S/C27H32O/c1-4-18-6-8-19(9-7-18)24-16-27(3)17(2)5-14-25(27)23-12-10-20-15-21(28)11-13-22(20)26(23)24/h4,6-9,15,17,23-25H,1,5,10-14,16H2,2-3H3. The Balaban J connectivity index is 1.67. The average molecular weight is 373 g/mol. The fourth-order valence-corrected chi connectivity index (χ4v) is 7.07. The van der Waals surface area contributed by atoms with Crippen molar-refractivity contribution in [3.8, 4) is 0 Å². The molecule has 2 fully saturated rings. The van der Waals surface area contributed by atoms with Crippen molar-refractivity contribution in [3.63, 3.8) is 0 Å². The van der Waals surface area contributed by atoms with Crippen LogP contribution in [0.15, 0.2) is 53.6 Å². The zero-order chi connectivity index (χ0) is 19.5. The van der Waals surface area contributed by atoms with E-state index in [4.69, 9.17) is 0 Å². The molecular formula is C27H32O. The molecule has 0 bridgehead atoms. The molecular weight excluding hydrogens is 340 g/mol. The number of ketones is 1. The van der Waals surface area contributed by atoms with Crippen LogP contribution in [0.5, 0.6) is 0 Å². The molecule has 0 amide bonds. The predicted octanol–water partition coefficient (Wildman–Crippen LogP) is 6.87. The third-order valence-corrected chi connectivity index (χ3v) is 8.78. The van der Waals surface area contributed by atoms with Crippen molar-refractivity contribution in [2.45, 2.75) is 64.7 Å². The van der Waals surface area contributed by atoms with E-state index in [0.717, 1.165) is 24.7 Å². The summed E-state index contributed by atoms with van der Waals surface area (Å²) in [7, 11) is 0. The molecule has 4 aliphatic carbocycles. The normalized spacial score (nSPS) is 37.1. The maximum Gasteiger partial charge on any atom is 0.156 e. The fraction of sp³-hybridized carbons (Fsp3) is 0.519. The number of carbonyl (C=O) groups is 1. The van der Waals surface area contributed by atoms with Gasteiger partial charge in [-0.2, -0.15) is 0 Å². The zero-order valence-corrected chi connectivity index (χ0v) is 17.3. The van der Waals surface area contributed by atoms with Gasteiger partial charge >= 0.3 is 0 Å². The first kappa shape index (κ1) is 18.2. The maximum atomic E-state index is 12.1. The Kier molecular flexibility index (Phi) is 4.27. The van der Waals surface area contributed by atoms with Gasteiger partial charge in [-0.3, -0.25) is 4.79 Å². The molecule has 1 aromatic rings. The van der Waals surface area contributed by atoms with Gasteiger partial charge in [0.25, 0.3) is 0 Å². The Hall–Kier alpha value is -1.89. The average Bonchev–Trinajstić information content (AvgIpc) is 3.01. The largest absolute Gasteiger partial charge is 0.295 e. The summed E-state index contributed by atoms with van der Waals surface area (Å²) in [5.74, 6) is 3.20. The minimum Gasteiger partial charge on any atom is -0.295 e. The van der Waals surface area contributed by atoms with E-state index in [0.29, 0.717) is 29.5 Å². The van der Waals surface area contributed by atoms with E-state index in [-0.39, 0.29) is 0 Å². The third-order valence-electron chi connectivity index (χ3n) is 8.78. The van der Waals surface area contributed by atoms with Gasteiger partial charge in [-0.15, -0.1) is 0 Å². The molecule has 4 aliphatic rings. The van der Waals surface area contributed by atoms with Gasteiger partial charge in [0.1, 0.15) is 0 Å². The Morgan fingerprint density at radius 1 is 1.07 bits per heavy atom.